The predicted octanol–water partition coefficient (Wildman–Crippen LogP) is 4.39. The summed E-state index contributed by atoms with van der Waals surface area (Å²) in [6.07, 6.45) is 1.62. The van der Waals surface area contributed by atoms with Crippen molar-refractivity contribution in [3.63, 3.8) is 0 Å². The normalized spacial score (nSPS) is 11.1. The molecule has 0 aliphatic carbocycles. The van der Waals surface area contributed by atoms with E-state index in [0.717, 1.165) is 26.3 Å². The van der Waals surface area contributed by atoms with Crippen molar-refractivity contribution in [3.8, 4) is 0 Å². The molecule has 0 aliphatic rings. The maximum absolute atomic E-state index is 5.51. The van der Waals surface area contributed by atoms with Gasteiger partial charge in [-0.3, -0.25) is 0 Å². The highest BCUT2D eigenvalue weighted by Gasteiger charge is 2.07. The smallest absolute Gasteiger partial charge is 0.219 e. The molecule has 3 rings (SSSR count). The molecule has 0 bridgehead atoms. The quantitative estimate of drug-likeness (QED) is 0.657. The van der Waals surface area contributed by atoms with Crippen LogP contribution in [0.25, 0.3) is 27.9 Å². The fourth-order valence-corrected chi connectivity index (χ4v) is 2.17. The van der Waals surface area contributed by atoms with Crippen LogP contribution in [0.5, 0.6) is 0 Å². The molecule has 0 spiro atoms. The van der Waals surface area contributed by atoms with E-state index in [0.29, 0.717) is 5.89 Å². The van der Waals surface area contributed by atoms with E-state index in [1.165, 1.54) is 0 Å². The molecule has 3 heteroatoms. The fraction of sp³-hybridized carbons (Fsp3) is 0. The summed E-state index contributed by atoms with van der Waals surface area (Å²) in [7, 11) is 0. The van der Waals surface area contributed by atoms with Crippen LogP contribution in [0, 0.1) is 0 Å². The third-order valence-electron chi connectivity index (χ3n) is 2.53. The van der Waals surface area contributed by atoms with Gasteiger partial charge in [-0.1, -0.05) is 34.6 Å². The Bertz CT molecular complexity index is 700. The minimum Gasteiger partial charge on any atom is -0.437 e. The summed E-state index contributed by atoms with van der Waals surface area (Å²) < 4.78 is 6.58. The molecule has 3 aromatic rings. The van der Waals surface area contributed by atoms with Gasteiger partial charge in [0.15, 0.2) is 5.58 Å². The first-order valence-electron chi connectivity index (χ1n) is 4.89. The molecule has 0 fully saturated rings. The minimum absolute atomic E-state index is 0.561. The van der Waals surface area contributed by atoms with Gasteiger partial charge in [-0.2, -0.15) is 0 Å². The third kappa shape index (κ3) is 1.36. The first-order chi connectivity index (χ1) is 7.78. The first-order valence-corrected chi connectivity index (χ1v) is 5.68. The Morgan fingerprint density at radius 1 is 1.25 bits per heavy atom. The Labute approximate surface area is 101 Å². The molecule has 0 atom stereocenters. The van der Waals surface area contributed by atoms with E-state index in [1.54, 1.807) is 6.08 Å². The van der Waals surface area contributed by atoms with Crippen molar-refractivity contribution in [2.45, 2.75) is 0 Å². The van der Waals surface area contributed by atoms with Crippen LogP contribution in [-0.2, 0) is 0 Å². The number of hydrogen-bond donors (Lipinski definition) is 0. The van der Waals surface area contributed by atoms with E-state index < -0.39 is 0 Å². The Morgan fingerprint density at radius 2 is 2.12 bits per heavy atom. The van der Waals surface area contributed by atoms with Crippen LogP contribution >= 0.6 is 15.9 Å². The Kier molecular flexibility index (Phi) is 2.07. The number of benzene rings is 2. The van der Waals surface area contributed by atoms with Crippen molar-refractivity contribution in [2.24, 2.45) is 0 Å². The molecule has 0 aliphatic heterocycles. The van der Waals surface area contributed by atoms with E-state index in [9.17, 15) is 0 Å². The predicted molar refractivity (Wildman–Crippen MR) is 69.3 cm³/mol. The summed E-state index contributed by atoms with van der Waals surface area (Å²) in [6, 6.07) is 10.1. The number of hydrogen-bond acceptors (Lipinski definition) is 2. The fourth-order valence-electron chi connectivity index (χ4n) is 1.79. The van der Waals surface area contributed by atoms with Crippen LogP contribution in [0.2, 0.25) is 0 Å². The van der Waals surface area contributed by atoms with Crippen LogP contribution in [0.3, 0.4) is 0 Å². The molecular weight excluding hydrogens is 266 g/mol. The van der Waals surface area contributed by atoms with Gasteiger partial charge in [-0.15, -0.1) is 0 Å². The Morgan fingerprint density at radius 3 is 2.94 bits per heavy atom. The second-order valence-electron chi connectivity index (χ2n) is 3.53. The zero-order valence-corrected chi connectivity index (χ0v) is 9.99. The van der Waals surface area contributed by atoms with Crippen LogP contribution in [0.1, 0.15) is 5.89 Å². The SMILES string of the molecule is C=Cc1nc2c(ccc3cc(Br)ccc32)o1. The zero-order valence-electron chi connectivity index (χ0n) is 8.40. The lowest BCUT2D eigenvalue weighted by Crippen LogP contribution is -1.76. The van der Waals surface area contributed by atoms with Gasteiger partial charge in [-0.05, 0) is 29.7 Å². The number of oxazole rings is 1. The highest BCUT2D eigenvalue weighted by Crippen LogP contribution is 2.27. The van der Waals surface area contributed by atoms with Gasteiger partial charge < -0.3 is 4.42 Å². The van der Waals surface area contributed by atoms with Crippen molar-refractivity contribution in [1.29, 1.82) is 0 Å². The first kappa shape index (κ1) is 9.60. The molecule has 0 N–H and O–H groups in total. The second-order valence-corrected chi connectivity index (χ2v) is 4.45. The molecule has 1 heterocycles. The summed E-state index contributed by atoms with van der Waals surface area (Å²) >= 11 is 3.46. The number of nitrogens with zero attached hydrogens (tertiary/aromatic N) is 1. The van der Waals surface area contributed by atoms with Gasteiger partial charge in [-0.25, -0.2) is 4.98 Å². The lowest BCUT2D eigenvalue weighted by Gasteiger charge is -1.97. The molecule has 2 aromatic carbocycles. The summed E-state index contributed by atoms with van der Waals surface area (Å²) in [5.41, 5.74) is 1.68. The topological polar surface area (TPSA) is 26.0 Å². The van der Waals surface area contributed by atoms with Crippen LogP contribution in [0.15, 0.2) is 45.8 Å². The highest BCUT2D eigenvalue weighted by atomic mass is 79.9. The van der Waals surface area contributed by atoms with E-state index in [-0.39, 0.29) is 0 Å². The molecule has 0 radical (unpaired) electrons. The third-order valence-corrected chi connectivity index (χ3v) is 3.02. The van der Waals surface area contributed by atoms with Gasteiger partial charge in [0.25, 0.3) is 0 Å². The lowest BCUT2D eigenvalue weighted by molar-refractivity contribution is 0.589. The molecule has 0 saturated carbocycles. The van der Waals surface area contributed by atoms with Gasteiger partial charge in [0.1, 0.15) is 5.52 Å². The van der Waals surface area contributed by atoms with E-state index in [1.807, 2.05) is 24.3 Å². The molecule has 1 aromatic heterocycles. The highest BCUT2D eigenvalue weighted by molar-refractivity contribution is 9.10. The summed E-state index contributed by atoms with van der Waals surface area (Å²) in [6.45, 7) is 3.66. The van der Waals surface area contributed by atoms with Crippen molar-refractivity contribution in [1.82, 2.24) is 4.98 Å². The largest absolute Gasteiger partial charge is 0.437 e. The van der Waals surface area contributed by atoms with Crippen molar-refractivity contribution in [2.75, 3.05) is 0 Å². The summed E-state index contributed by atoms with van der Waals surface area (Å²) in [4.78, 5) is 4.39. The van der Waals surface area contributed by atoms with Gasteiger partial charge in [0, 0.05) is 9.86 Å². The van der Waals surface area contributed by atoms with E-state index in [4.69, 9.17) is 4.42 Å². The van der Waals surface area contributed by atoms with Crippen molar-refractivity contribution >= 4 is 43.9 Å². The van der Waals surface area contributed by atoms with Gasteiger partial charge in [0.05, 0.1) is 0 Å². The van der Waals surface area contributed by atoms with Crippen LogP contribution in [0.4, 0.5) is 0 Å². The molecule has 0 saturated heterocycles. The number of aromatic nitrogens is 1. The maximum Gasteiger partial charge on any atom is 0.219 e. The Hall–Kier alpha value is -1.61. The number of fused-ring (bicyclic) bond motifs is 3. The molecule has 16 heavy (non-hydrogen) atoms. The number of rotatable bonds is 1. The van der Waals surface area contributed by atoms with Crippen LogP contribution < -0.4 is 0 Å². The molecular formula is C13H8BrNO. The molecule has 2 nitrogen and oxygen atoms in total. The molecule has 0 unspecified atom stereocenters. The average molecular weight is 274 g/mol. The van der Waals surface area contributed by atoms with E-state index in [2.05, 4.69) is 33.6 Å². The van der Waals surface area contributed by atoms with Crippen molar-refractivity contribution in [3.05, 3.63) is 47.3 Å². The Balaban J connectivity index is 2.48. The van der Waals surface area contributed by atoms with Crippen LogP contribution in [-0.4, -0.2) is 4.98 Å². The maximum atomic E-state index is 5.51. The number of halogens is 1. The monoisotopic (exact) mass is 273 g/mol. The standard InChI is InChI=1S/C13H8BrNO/c1-2-12-15-13-10-5-4-9(14)7-8(10)3-6-11(13)16-12/h2-7H,1H2. The lowest BCUT2D eigenvalue weighted by atomic mass is 10.1. The zero-order chi connectivity index (χ0) is 11.1. The second kappa shape index (κ2) is 3.46. The summed E-state index contributed by atoms with van der Waals surface area (Å²) in [5.74, 6) is 0.561. The average Bonchev–Trinajstić information content (AvgIpc) is 2.71. The molecule has 78 valence electrons. The van der Waals surface area contributed by atoms with Gasteiger partial charge >= 0.3 is 0 Å². The summed E-state index contributed by atoms with van der Waals surface area (Å²) in [5, 5.41) is 2.24. The van der Waals surface area contributed by atoms with Crippen molar-refractivity contribution < 1.29 is 4.42 Å². The van der Waals surface area contributed by atoms with Gasteiger partial charge in [0.2, 0.25) is 5.89 Å². The minimum atomic E-state index is 0.561. The van der Waals surface area contributed by atoms with E-state index >= 15 is 0 Å². The molecule has 0 amide bonds.